The third kappa shape index (κ3) is 5.04. The Balaban J connectivity index is 2.31. The van der Waals surface area contributed by atoms with E-state index in [1.165, 1.54) is 9.31 Å². The Morgan fingerprint density at radius 3 is 2.16 bits per heavy atom. The molecule has 0 fully saturated rings. The predicted octanol–water partition coefficient (Wildman–Crippen LogP) is 2.17. The number of benzene rings is 2. The average Bonchev–Trinajstić information content (AvgIpc) is 2.55. The monoisotopic (exact) mass is 361 g/mol. The van der Waals surface area contributed by atoms with Crippen LogP contribution in [0, 0.1) is 6.92 Å². The fraction of sp³-hybridized carbons (Fsp3) is 0.278. The van der Waals surface area contributed by atoms with Crippen LogP contribution in [-0.2, 0) is 14.8 Å². The first-order valence-corrected chi connectivity index (χ1v) is 9.36. The molecule has 2 aromatic carbocycles. The molecule has 25 heavy (non-hydrogen) atoms. The van der Waals surface area contributed by atoms with Crippen molar-refractivity contribution in [3.63, 3.8) is 0 Å². The molecule has 2 rings (SSSR count). The van der Waals surface area contributed by atoms with Gasteiger partial charge < -0.3 is 0 Å². The maximum atomic E-state index is 13.1. The first-order chi connectivity index (χ1) is 11.8. The molecule has 7 heteroatoms. The van der Waals surface area contributed by atoms with Gasteiger partial charge in [-0.15, -0.1) is 0 Å². The highest BCUT2D eigenvalue weighted by Crippen LogP contribution is 2.24. The molecule has 0 aliphatic heterocycles. The van der Waals surface area contributed by atoms with Crippen molar-refractivity contribution in [2.24, 2.45) is 0 Å². The molecule has 0 saturated carbocycles. The molecular formula is C18H23N3O3S. The predicted molar refractivity (Wildman–Crippen MR) is 98.6 cm³/mol. The molecule has 0 heterocycles. The zero-order chi connectivity index (χ0) is 18.4. The van der Waals surface area contributed by atoms with Gasteiger partial charge in [0.25, 0.3) is 10.0 Å². The summed E-state index contributed by atoms with van der Waals surface area (Å²) < 4.78 is 27.4. The number of hydrogen-bond acceptors (Lipinski definition) is 4. The molecule has 0 aromatic heterocycles. The molecule has 0 radical (unpaired) electrons. The highest BCUT2D eigenvalue weighted by Gasteiger charge is 2.25. The molecule has 0 unspecified atom stereocenters. The molecule has 0 spiro atoms. The quantitative estimate of drug-likeness (QED) is 0.768. The number of anilines is 1. The van der Waals surface area contributed by atoms with E-state index in [1.807, 2.05) is 13.0 Å². The fourth-order valence-corrected chi connectivity index (χ4v) is 3.79. The summed E-state index contributed by atoms with van der Waals surface area (Å²) in [6, 6.07) is 15.5. The zero-order valence-electron chi connectivity index (χ0n) is 14.6. The molecule has 0 saturated heterocycles. The Bertz CT molecular complexity index is 803. The van der Waals surface area contributed by atoms with E-state index in [1.54, 1.807) is 62.6 Å². The lowest BCUT2D eigenvalue weighted by Gasteiger charge is -2.24. The van der Waals surface area contributed by atoms with Gasteiger partial charge in [-0.1, -0.05) is 35.9 Å². The number of carbonyl (C=O) groups is 1. The van der Waals surface area contributed by atoms with Gasteiger partial charge in [0.05, 0.1) is 10.6 Å². The van der Waals surface area contributed by atoms with Crippen molar-refractivity contribution in [1.82, 2.24) is 10.4 Å². The van der Waals surface area contributed by atoms with Crippen LogP contribution in [0.4, 0.5) is 5.69 Å². The summed E-state index contributed by atoms with van der Waals surface area (Å²) in [6.45, 7) is 1.96. The average molecular weight is 361 g/mol. The van der Waals surface area contributed by atoms with Gasteiger partial charge in [-0.3, -0.25) is 14.5 Å². The van der Waals surface area contributed by atoms with Crippen LogP contribution in [0.15, 0.2) is 59.5 Å². The van der Waals surface area contributed by atoms with Gasteiger partial charge in [0.1, 0.15) is 0 Å². The number of para-hydroxylation sites is 1. The van der Waals surface area contributed by atoms with Gasteiger partial charge >= 0.3 is 0 Å². The molecule has 0 bridgehead atoms. The van der Waals surface area contributed by atoms with Crippen molar-refractivity contribution in [3.05, 3.63) is 60.2 Å². The second-order valence-electron chi connectivity index (χ2n) is 5.91. The first kappa shape index (κ1) is 19.0. The van der Waals surface area contributed by atoms with Crippen LogP contribution >= 0.6 is 0 Å². The number of nitrogens with one attached hydrogen (secondary N) is 1. The Labute approximate surface area is 149 Å². The molecule has 0 aliphatic carbocycles. The summed E-state index contributed by atoms with van der Waals surface area (Å²) in [7, 11) is -0.347. The zero-order valence-corrected chi connectivity index (χ0v) is 15.5. The third-order valence-corrected chi connectivity index (χ3v) is 5.38. The van der Waals surface area contributed by atoms with Gasteiger partial charge in [-0.05, 0) is 31.2 Å². The minimum atomic E-state index is -3.76. The van der Waals surface area contributed by atoms with Crippen LogP contribution in [0.2, 0.25) is 0 Å². The molecule has 134 valence electrons. The van der Waals surface area contributed by atoms with E-state index >= 15 is 0 Å². The van der Waals surface area contributed by atoms with E-state index in [9.17, 15) is 13.2 Å². The maximum Gasteiger partial charge on any atom is 0.264 e. The number of carbonyl (C=O) groups excluding carboxylic acids is 1. The van der Waals surface area contributed by atoms with Crippen molar-refractivity contribution in [2.45, 2.75) is 18.2 Å². The van der Waals surface area contributed by atoms with Crippen LogP contribution in [0.3, 0.4) is 0 Å². The molecule has 0 atom stereocenters. The lowest BCUT2D eigenvalue weighted by molar-refractivity contribution is -0.124. The van der Waals surface area contributed by atoms with Gasteiger partial charge in [0, 0.05) is 27.1 Å². The van der Waals surface area contributed by atoms with Crippen LogP contribution < -0.4 is 9.73 Å². The number of hydrogen-bond donors (Lipinski definition) is 1. The minimum Gasteiger partial charge on any atom is -0.289 e. The van der Waals surface area contributed by atoms with Gasteiger partial charge in [-0.25, -0.2) is 13.4 Å². The molecule has 0 aliphatic rings. The molecule has 6 nitrogen and oxygen atoms in total. The van der Waals surface area contributed by atoms with Crippen molar-refractivity contribution in [1.29, 1.82) is 0 Å². The SMILES string of the molecule is Cc1ccc(S(=O)(=O)N(CCC(=O)NN(C)C)c2ccccc2)cc1. The molecule has 2 aromatic rings. The Morgan fingerprint density at radius 2 is 1.60 bits per heavy atom. The van der Waals surface area contributed by atoms with Crippen molar-refractivity contribution < 1.29 is 13.2 Å². The number of aryl methyl sites for hydroxylation is 1. The van der Waals surface area contributed by atoms with E-state index in [-0.39, 0.29) is 23.8 Å². The number of amides is 1. The van der Waals surface area contributed by atoms with Crippen molar-refractivity contribution in [3.8, 4) is 0 Å². The van der Waals surface area contributed by atoms with Crippen LogP contribution in [0.5, 0.6) is 0 Å². The molecule has 1 amide bonds. The molecular weight excluding hydrogens is 338 g/mol. The number of hydrazine groups is 1. The van der Waals surface area contributed by atoms with Gasteiger partial charge in [0.2, 0.25) is 5.91 Å². The van der Waals surface area contributed by atoms with E-state index in [0.717, 1.165) is 5.56 Å². The largest absolute Gasteiger partial charge is 0.289 e. The summed E-state index contributed by atoms with van der Waals surface area (Å²) in [5, 5.41) is 1.53. The standard InChI is InChI=1S/C18H23N3O3S/c1-15-9-11-17(12-10-15)25(23,24)21(16-7-5-4-6-8-16)14-13-18(22)19-20(2)3/h4-12H,13-14H2,1-3H3,(H,19,22). The lowest BCUT2D eigenvalue weighted by atomic mass is 10.2. The van der Waals surface area contributed by atoms with E-state index in [0.29, 0.717) is 5.69 Å². The van der Waals surface area contributed by atoms with Crippen LogP contribution in [0.1, 0.15) is 12.0 Å². The van der Waals surface area contributed by atoms with E-state index in [4.69, 9.17) is 0 Å². The summed E-state index contributed by atoms with van der Waals surface area (Å²) in [5.41, 5.74) is 4.13. The summed E-state index contributed by atoms with van der Waals surface area (Å²) in [6.07, 6.45) is 0.0537. The summed E-state index contributed by atoms with van der Waals surface area (Å²) in [5.74, 6) is -0.245. The van der Waals surface area contributed by atoms with Gasteiger partial charge in [-0.2, -0.15) is 0 Å². The highest BCUT2D eigenvalue weighted by molar-refractivity contribution is 7.92. The Hall–Kier alpha value is -2.38. The van der Waals surface area contributed by atoms with Crippen molar-refractivity contribution >= 4 is 21.6 Å². The Kier molecular flexibility index (Phi) is 6.17. The van der Waals surface area contributed by atoms with E-state index in [2.05, 4.69) is 5.43 Å². The Morgan fingerprint density at radius 1 is 1.00 bits per heavy atom. The number of rotatable bonds is 7. The normalized spacial score (nSPS) is 11.4. The lowest BCUT2D eigenvalue weighted by Crippen LogP contribution is -2.39. The first-order valence-electron chi connectivity index (χ1n) is 7.92. The fourth-order valence-electron chi connectivity index (χ4n) is 2.33. The molecule has 1 N–H and O–H groups in total. The maximum absolute atomic E-state index is 13.1. The van der Waals surface area contributed by atoms with Crippen LogP contribution in [0.25, 0.3) is 0 Å². The van der Waals surface area contributed by atoms with E-state index < -0.39 is 10.0 Å². The second kappa shape index (κ2) is 8.13. The third-order valence-electron chi connectivity index (χ3n) is 3.54. The topological polar surface area (TPSA) is 69.7 Å². The summed E-state index contributed by atoms with van der Waals surface area (Å²) >= 11 is 0. The number of nitrogens with zero attached hydrogens (tertiary/aromatic N) is 2. The smallest absolute Gasteiger partial charge is 0.264 e. The second-order valence-corrected chi connectivity index (χ2v) is 7.77. The number of sulfonamides is 1. The van der Waals surface area contributed by atoms with Crippen molar-refractivity contribution in [2.75, 3.05) is 24.9 Å². The highest BCUT2D eigenvalue weighted by atomic mass is 32.2. The van der Waals surface area contributed by atoms with Gasteiger partial charge in [0.15, 0.2) is 0 Å². The minimum absolute atomic E-state index is 0.0537. The summed E-state index contributed by atoms with van der Waals surface area (Å²) in [4.78, 5) is 12.1. The van der Waals surface area contributed by atoms with Crippen LogP contribution in [-0.4, -0.2) is 40.0 Å².